The number of primary amides is 1. The maximum Gasteiger partial charge on any atom is 0.326 e. The number of nitrogens with one attached hydrogen (secondary N) is 3. The first-order chi connectivity index (χ1) is 14.8. The van der Waals surface area contributed by atoms with E-state index in [4.69, 9.17) is 28.0 Å². The molecule has 14 nitrogen and oxygen atoms in total. The highest BCUT2D eigenvalue weighted by atomic mass is 16.4. The monoisotopic (exact) mass is 458 g/mol. The molecule has 0 spiro atoms. The molecule has 0 saturated carbocycles. The van der Waals surface area contributed by atoms with E-state index in [0.717, 1.165) is 0 Å². The lowest BCUT2D eigenvalue weighted by Gasteiger charge is -2.22. The van der Waals surface area contributed by atoms with E-state index in [2.05, 4.69) is 20.9 Å². The van der Waals surface area contributed by atoms with E-state index in [-0.39, 0.29) is 37.7 Å². The quantitative estimate of drug-likeness (QED) is 0.0685. The number of guanidine groups is 1. The van der Waals surface area contributed by atoms with Crippen molar-refractivity contribution in [2.45, 2.75) is 57.7 Å². The minimum atomic E-state index is -1.35. The van der Waals surface area contributed by atoms with Gasteiger partial charge in [0.05, 0.1) is 12.6 Å². The molecule has 0 rings (SSSR count). The van der Waals surface area contributed by atoms with Crippen LogP contribution in [0.2, 0.25) is 0 Å². The SMILES string of the molecule is CC(C)[C@H](N)C(=O)N[C@@H](CCCN=C(N)N)C(=O)NCC(=O)N[C@@H](CCC(N)=O)C(=O)O. The standard InChI is InChI=1S/C18H34N8O6/c1-9(2)14(20)16(30)26-10(4-3-7-23-18(21)22)15(29)24-8-13(28)25-11(17(31)32)5-6-12(19)27/h9-11,14H,3-8,20H2,1-2H3,(H2,19,27)(H,24,29)(H,25,28)(H,26,30)(H,31,32)(H4,21,22,23)/t10-,11-,14-/m0/s1. The summed E-state index contributed by atoms with van der Waals surface area (Å²) in [6.45, 7) is 3.17. The molecule has 0 aliphatic carbocycles. The van der Waals surface area contributed by atoms with Gasteiger partial charge in [-0.2, -0.15) is 0 Å². The second kappa shape index (κ2) is 14.6. The van der Waals surface area contributed by atoms with Crippen molar-refractivity contribution in [1.82, 2.24) is 16.0 Å². The molecular formula is C18H34N8O6. The minimum Gasteiger partial charge on any atom is -0.480 e. The molecule has 0 unspecified atom stereocenters. The largest absolute Gasteiger partial charge is 0.480 e. The van der Waals surface area contributed by atoms with Crippen molar-refractivity contribution in [1.29, 1.82) is 0 Å². The number of hydrogen-bond acceptors (Lipinski definition) is 7. The zero-order valence-corrected chi connectivity index (χ0v) is 18.3. The minimum absolute atomic E-state index is 0.113. The van der Waals surface area contributed by atoms with Gasteiger partial charge in [0, 0.05) is 13.0 Å². The summed E-state index contributed by atoms with van der Waals surface area (Å²) >= 11 is 0. The average Bonchev–Trinajstić information content (AvgIpc) is 2.69. The Bertz CT molecular complexity index is 708. The average molecular weight is 459 g/mol. The van der Waals surface area contributed by atoms with Gasteiger partial charge in [0.1, 0.15) is 12.1 Å². The molecule has 14 heteroatoms. The van der Waals surface area contributed by atoms with Crippen LogP contribution in [0.15, 0.2) is 4.99 Å². The number of rotatable bonds is 15. The zero-order chi connectivity index (χ0) is 24.8. The van der Waals surface area contributed by atoms with E-state index in [1.54, 1.807) is 13.8 Å². The van der Waals surface area contributed by atoms with Gasteiger partial charge < -0.3 is 44.0 Å². The summed E-state index contributed by atoms with van der Waals surface area (Å²) in [5, 5.41) is 16.2. The highest BCUT2D eigenvalue weighted by Gasteiger charge is 2.26. The third kappa shape index (κ3) is 12.3. The lowest BCUT2D eigenvalue weighted by Crippen LogP contribution is -2.54. The third-order valence-electron chi connectivity index (χ3n) is 4.34. The summed E-state index contributed by atoms with van der Waals surface area (Å²) in [6.07, 6.45) is 0.0925. The maximum absolute atomic E-state index is 12.5. The first kappa shape index (κ1) is 28.6. The Kier molecular flexibility index (Phi) is 13.0. The molecule has 0 aromatic heterocycles. The van der Waals surface area contributed by atoms with Gasteiger partial charge in [-0.1, -0.05) is 13.8 Å². The van der Waals surface area contributed by atoms with Crippen LogP contribution in [-0.2, 0) is 24.0 Å². The van der Waals surface area contributed by atoms with Gasteiger partial charge in [0.25, 0.3) is 0 Å². The summed E-state index contributed by atoms with van der Waals surface area (Å²) in [4.78, 5) is 62.6. The van der Waals surface area contributed by atoms with Gasteiger partial charge in [-0.15, -0.1) is 0 Å². The van der Waals surface area contributed by atoms with Crippen molar-refractivity contribution in [3.63, 3.8) is 0 Å². The third-order valence-corrected chi connectivity index (χ3v) is 4.34. The second-order valence-electron chi connectivity index (χ2n) is 7.46. The van der Waals surface area contributed by atoms with E-state index >= 15 is 0 Å². The molecule has 0 bridgehead atoms. The van der Waals surface area contributed by atoms with E-state index in [1.165, 1.54) is 0 Å². The van der Waals surface area contributed by atoms with Crippen molar-refractivity contribution in [2.75, 3.05) is 13.1 Å². The summed E-state index contributed by atoms with van der Waals surface area (Å²) < 4.78 is 0. The van der Waals surface area contributed by atoms with Crippen LogP contribution in [0.1, 0.15) is 39.5 Å². The lowest BCUT2D eigenvalue weighted by atomic mass is 10.0. The van der Waals surface area contributed by atoms with Gasteiger partial charge in [-0.25, -0.2) is 4.79 Å². The number of hydrogen-bond donors (Lipinski definition) is 8. The van der Waals surface area contributed by atoms with Crippen LogP contribution in [0.4, 0.5) is 0 Å². The Labute approximate surface area is 185 Å². The topological polar surface area (TPSA) is 258 Å². The van der Waals surface area contributed by atoms with Crippen molar-refractivity contribution in [2.24, 2.45) is 33.8 Å². The number of aliphatic imine (C=N–C) groups is 1. The number of nitrogens with two attached hydrogens (primary N) is 4. The van der Waals surface area contributed by atoms with Crippen molar-refractivity contribution < 1.29 is 29.1 Å². The van der Waals surface area contributed by atoms with Gasteiger partial charge in [-0.05, 0) is 25.2 Å². The van der Waals surface area contributed by atoms with Crippen LogP contribution in [0.25, 0.3) is 0 Å². The Hall–Kier alpha value is -3.42. The molecule has 0 radical (unpaired) electrons. The van der Waals surface area contributed by atoms with Crippen molar-refractivity contribution in [3.05, 3.63) is 0 Å². The molecule has 4 amide bonds. The fraction of sp³-hybridized carbons (Fsp3) is 0.667. The van der Waals surface area contributed by atoms with Crippen LogP contribution in [0.3, 0.4) is 0 Å². The predicted octanol–water partition coefficient (Wildman–Crippen LogP) is -3.54. The molecule has 3 atom stereocenters. The molecule has 0 aromatic carbocycles. The molecule has 12 N–H and O–H groups in total. The zero-order valence-electron chi connectivity index (χ0n) is 18.3. The fourth-order valence-electron chi connectivity index (χ4n) is 2.42. The van der Waals surface area contributed by atoms with Gasteiger partial charge >= 0.3 is 5.97 Å². The number of amides is 4. The number of carboxylic acids is 1. The first-order valence-corrected chi connectivity index (χ1v) is 10.0. The molecule has 32 heavy (non-hydrogen) atoms. The highest BCUT2D eigenvalue weighted by molar-refractivity contribution is 5.92. The summed E-state index contributed by atoms with van der Waals surface area (Å²) in [5.74, 6) is -4.34. The first-order valence-electron chi connectivity index (χ1n) is 10.0. The van der Waals surface area contributed by atoms with E-state index in [1.807, 2.05) is 0 Å². The van der Waals surface area contributed by atoms with E-state index in [0.29, 0.717) is 6.42 Å². The van der Waals surface area contributed by atoms with Gasteiger partial charge in [-0.3, -0.25) is 24.2 Å². The second-order valence-corrected chi connectivity index (χ2v) is 7.46. The molecule has 182 valence electrons. The molecule has 0 aliphatic rings. The number of aliphatic carboxylic acids is 1. The smallest absolute Gasteiger partial charge is 0.326 e. The normalized spacial score (nSPS) is 13.4. The number of carbonyl (C=O) groups is 5. The van der Waals surface area contributed by atoms with Crippen LogP contribution >= 0.6 is 0 Å². The molecule has 0 fully saturated rings. The van der Waals surface area contributed by atoms with E-state index in [9.17, 15) is 24.0 Å². The number of carbonyl (C=O) groups excluding carboxylic acids is 4. The Morgan fingerprint density at radius 2 is 1.56 bits per heavy atom. The predicted molar refractivity (Wildman–Crippen MR) is 116 cm³/mol. The summed E-state index contributed by atoms with van der Waals surface area (Å²) in [6, 6.07) is -3.20. The summed E-state index contributed by atoms with van der Waals surface area (Å²) in [5.41, 5.74) is 21.3. The molecule has 0 saturated heterocycles. The van der Waals surface area contributed by atoms with Crippen LogP contribution in [0.5, 0.6) is 0 Å². The maximum atomic E-state index is 12.5. The van der Waals surface area contributed by atoms with Crippen molar-refractivity contribution >= 4 is 35.6 Å². The fourth-order valence-corrected chi connectivity index (χ4v) is 2.42. The number of nitrogens with zero attached hydrogens (tertiary/aromatic N) is 1. The van der Waals surface area contributed by atoms with Gasteiger partial charge in [0.15, 0.2) is 5.96 Å². The molecule has 0 aromatic rings. The Balaban J connectivity index is 4.96. The molecule has 0 aliphatic heterocycles. The molecular weight excluding hydrogens is 424 g/mol. The van der Waals surface area contributed by atoms with Crippen LogP contribution in [0, 0.1) is 5.92 Å². The lowest BCUT2D eigenvalue weighted by molar-refractivity contribution is -0.142. The van der Waals surface area contributed by atoms with E-state index < -0.39 is 54.3 Å². The van der Waals surface area contributed by atoms with Crippen LogP contribution in [-0.4, -0.2) is 71.9 Å². The number of carboxylic acid groups (broad SMARTS) is 1. The van der Waals surface area contributed by atoms with Crippen LogP contribution < -0.4 is 38.9 Å². The van der Waals surface area contributed by atoms with Crippen molar-refractivity contribution in [3.8, 4) is 0 Å². The molecule has 0 heterocycles. The Morgan fingerprint density at radius 3 is 2.06 bits per heavy atom. The van der Waals surface area contributed by atoms with Gasteiger partial charge in [0.2, 0.25) is 23.6 Å². The summed E-state index contributed by atoms with van der Waals surface area (Å²) in [7, 11) is 0. The highest BCUT2D eigenvalue weighted by Crippen LogP contribution is 2.03. The Morgan fingerprint density at radius 1 is 0.938 bits per heavy atom.